The van der Waals surface area contributed by atoms with E-state index in [0.29, 0.717) is 10.8 Å². The van der Waals surface area contributed by atoms with Crippen molar-refractivity contribution in [1.29, 1.82) is 0 Å². The standard InChI is InChI=1S/C10H13ClN2O/c1-3-7(2)10(14)13-9-8(11)5-4-6-12-9/h4-7H,3H2,1-2H3,(H,12,13,14). The number of nitrogens with one attached hydrogen (secondary N) is 1. The number of hydrogen-bond donors (Lipinski definition) is 1. The summed E-state index contributed by atoms with van der Waals surface area (Å²) in [4.78, 5) is 15.5. The lowest BCUT2D eigenvalue weighted by atomic mass is 10.1. The van der Waals surface area contributed by atoms with Crippen molar-refractivity contribution in [2.45, 2.75) is 20.3 Å². The van der Waals surface area contributed by atoms with E-state index in [1.54, 1.807) is 18.3 Å². The normalized spacial score (nSPS) is 12.2. The van der Waals surface area contributed by atoms with Gasteiger partial charge in [0.25, 0.3) is 0 Å². The minimum atomic E-state index is -0.0481. The van der Waals surface area contributed by atoms with Crippen LogP contribution < -0.4 is 5.32 Å². The molecule has 0 aliphatic rings. The van der Waals surface area contributed by atoms with Crippen LogP contribution in [0.5, 0.6) is 0 Å². The second-order valence-electron chi connectivity index (χ2n) is 3.13. The quantitative estimate of drug-likeness (QED) is 0.837. The maximum absolute atomic E-state index is 11.5. The van der Waals surface area contributed by atoms with Gasteiger partial charge in [0.05, 0.1) is 5.02 Å². The lowest BCUT2D eigenvalue weighted by Crippen LogP contribution is -2.20. The minimum Gasteiger partial charge on any atom is -0.309 e. The van der Waals surface area contributed by atoms with Gasteiger partial charge in [-0.3, -0.25) is 4.79 Å². The summed E-state index contributed by atoms with van der Waals surface area (Å²) in [7, 11) is 0. The SMILES string of the molecule is CCC(C)C(=O)Nc1ncccc1Cl. The van der Waals surface area contributed by atoms with Crippen LogP contribution in [-0.4, -0.2) is 10.9 Å². The summed E-state index contributed by atoms with van der Waals surface area (Å²) in [5.41, 5.74) is 0. The van der Waals surface area contributed by atoms with Crippen molar-refractivity contribution < 1.29 is 4.79 Å². The zero-order chi connectivity index (χ0) is 10.6. The van der Waals surface area contributed by atoms with Crippen LogP contribution in [0.3, 0.4) is 0 Å². The molecule has 0 bridgehead atoms. The number of pyridine rings is 1. The van der Waals surface area contributed by atoms with E-state index < -0.39 is 0 Å². The van der Waals surface area contributed by atoms with Crippen molar-refractivity contribution in [1.82, 2.24) is 4.98 Å². The fourth-order valence-electron chi connectivity index (χ4n) is 0.903. The molecule has 0 fully saturated rings. The Labute approximate surface area is 88.5 Å². The monoisotopic (exact) mass is 212 g/mol. The van der Waals surface area contributed by atoms with E-state index >= 15 is 0 Å². The van der Waals surface area contributed by atoms with Crippen LogP contribution >= 0.6 is 11.6 Å². The molecule has 0 aliphatic heterocycles. The maximum Gasteiger partial charge on any atom is 0.228 e. The summed E-state index contributed by atoms with van der Waals surface area (Å²) >= 11 is 5.84. The fourth-order valence-corrected chi connectivity index (χ4v) is 1.07. The number of carbonyl (C=O) groups excluding carboxylic acids is 1. The summed E-state index contributed by atoms with van der Waals surface area (Å²) in [6.07, 6.45) is 2.40. The lowest BCUT2D eigenvalue weighted by Gasteiger charge is -2.09. The van der Waals surface area contributed by atoms with Gasteiger partial charge in [0.2, 0.25) is 5.91 Å². The van der Waals surface area contributed by atoms with Crippen molar-refractivity contribution in [3.8, 4) is 0 Å². The molecule has 1 N–H and O–H groups in total. The Balaban J connectivity index is 2.70. The predicted octanol–water partition coefficient (Wildman–Crippen LogP) is 2.72. The van der Waals surface area contributed by atoms with E-state index in [2.05, 4.69) is 10.3 Å². The molecule has 1 unspecified atom stereocenters. The Morgan fingerprint density at radius 3 is 3.00 bits per heavy atom. The number of nitrogens with zero attached hydrogens (tertiary/aromatic N) is 1. The average molecular weight is 213 g/mol. The molecule has 3 nitrogen and oxygen atoms in total. The smallest absolute Gasteiger partial charge is 0.228 e. The van der Waals surface area contributed by atoms with E-state index in [9.17, 15) is 4.79 Å². The Morgan fingerprint density at radius 1 is 1.71 bits per heavy atom. The number of anilines is 1. The molecule has 1 amide bonds. The molecular formula is C10H13ClN2O. The maximum atomic E-state index is 11.5. The molecule has 1 aromatic rings. The third kappa shape index (κ3) is 2.70. The number of aromatic nitrogens is 1. The number of rotatable bonds is 3. The number of amides is 1. The largest absolute Gasteiger partial charge is 0.309 e. The molecule has 0 saturated carbocycles. The van der Waals surface area contributed by atoms with Gasteiger partial charge in [0, 0.05) is 12.1 Å². The fraction of sp³-hybridized carbons (Fsp3) is 0.400. The second-order valence-corrected chi connectivity index (χ2v) is 3.54. The van der Waals surface area contributed by atoms with Gasteiger partial charge in [-0.2, -0.15) is 0 Å². The van der Waals surface area contributed by atoms with Crippen LogP contribution in [0.2, 0.25) is 5.02 Å². The van der Waals surface area contributed by atoms with Gasteiger partial charge >= 0.3 is 0 Å². The van der Waals surface area contributed by atoms with Gasteiger partial charge < -0.3 is 5.32 Å². The highest BCUT2D eigenvalue weighted by Crippen LogP contribution is 2.18. The Kier molecular flexibility index (Phi) is 3.89. The Morgan fingerprint density at radius 2 is 2.43 bits per heavy atom. The Bertz CT molecular complexity index is 328. The van der Waals surface area contributed by atoms with E-state index in [4.69, 9.17) is 11.6 Å². The minimum absolute atomic E-state index is 0.0203. The summed E-state index contributed by atoms with van der Waals surface area (Å²) in [6, 6.07) is 3.42. The van der Waals surface area contributed by atoms with Crippen LogP contribution in [-0.2, 0) is 4.79 Å². The topological polar surface area (TPSA) is 42.0 Å². The van der Waals surface area contributed by atoms with Crippen LogP contribution in [0, 0.1) is 5.92 Å². The zero-order valence-electron chi connectivity index (χ0n) is 8.25. The van der Waals surface area contributed by atoms with Gasteiger partial charge in [0.1, 0.15) is 0 Å². The first-order valence-corrected chi connectivity index (χ1v) is 4.94. The van der Waals surface area contributed by atoms with Crippen LogP contribution in [0.25, 0.3) is 0 Å². The lowest BCUT2D eigenvalue weighted by molar-refractivity contribution is -0.119. The molecule has 4 heteroatoms. The number of carbonyl (C=O) groups is 1. The first kappa shape index (κ1) is 11.0. The highest BCUT2D eigenvalue weighted by molar-refractivity contribution is 6.33. The van der Waals surface area contributed by atoms with E-state index in [-0.39, 0.29) is 11.8 Å². The first-order valence-electron chi connectivity index (χ1n) is 4.56. The third-order valence-electron chi connectivity index (χ3n) is 2.06. The Hall–Kier alpha value is -1.09. The summed E-state index contributed by atoms with van der Waals surface area (Å²) in [5, 5.41) is 3.14. The van der Waals surface area contributed by atoms with Crippen LogP contribution in [0.15, 0.2) is 18.3 Å². The molecule has 1 atom stereocenters. The summed E-state index contributed by atoms with van der Waals surface area (Å²) in [6.45, 7) is 3.83. The molecular weight excluding hydrogens is 200 g/mol. The van der Waals surface area contributed by atoms with E-state index in [1.807, 2.05) is 13.8 Å². The van der Waals surface area contributed by atoms with Gasteiger partial charge in [-0.25, -0.2) is 4.98 Å². The second kappa shape index (κ2) is 4.96. The highest BCUT2D eigenvalue weighted by atomic mass is 35.5. The molecule has 1 heterocycles. The number of hydrogen-bond acceptors (Lipinski definition) is 2. The van der Waals surface area contributed by atoms with Crippen molar-refractivity contribution in [3.63, 3.8) is 0 Å². The molecule has 1 aromatic heterocycles. The average Bonchev–Trinajstić information content (AvgIpc) is 2.20. The van der Waals surface area contributed by atoms with Crippen LogP contribution in [0.1, 0.15) is 20.3 Å². The van der Waals surface area contributed by atoms with Crippen LogP contribution in [0.4, 0.5) is 5.82 Å². The molecule has 0 radical (unpaired) electrons. The molecule has 0 spiro atoms. The van der Waals surface area contributed by atoms with E-state index in [1.165, 1.54) is 0 Å². The summed E-state index contributed by atoms with van der Waals surface area (Å²) in [5.74, 6) is 0.362. The molecule has 1 rings (SSSR count). The van der Waals surface area contributed by atoms with Gasteiger partial charge in [-0.1, -0.05) is 25.4 Å². The van der Waals surface area contributed by atoms with Crippen molar-refractivity contribution in [2.24, 2.45) is 5.92 Å². The molecule has 0 saturated heterocycles. The highest BCUT2D eigenvalue weighted by Gasteiger charge is 2.12. The number of halogens is 1. The third-order valence-corrected chi connectivity index (χ3v) is 2.37. The first-order chi connectivity index (χ1) is 6.65. The van der Waals surface area contributed by atoms with Gasteiger partial charge in [0.15, 0.2) is 5.82 Å². The summed E-state index contributed by atoms with van der Waals surface area (Å²) < 4.78 is 0. The zero-order valence-corrected chi connectivity index (χ0v) is 9.01. The molecule has 0 aliphatic carbocycles. The van der Waals surface area contributed by atoms with E-state index in [0.717, 1.165) is 6.42 Å². The predicted molar refractivity (Wildman–Crippen MR) is 57.3 cm³/mol. The van der Waals surface area contributed by atoms with Crippen molar-refractivity contribution in [3.05, 3.63) is 23.4 Å². The van der Waals surface area contributed by atoms with Gasteiger partial charge in [-0.15, -0.1) is 0 Å². The van der Waals surface area contributed by atoms with Gasteiger partial charge in [-0.05, 0) is 18.6 Å². The molecule has 76 valence electrons. The molecule has 0 aromatic carbocycles. The molecule has 14 heavy (non-hydrogen) atoms. The van der Waals surface area contributed by atoms with Crippen molar-refractivity contribution in [2.75, 3.05) is 5.32 Å². The van der Waals surface area contributed by atoms with Crippen molar-refractivity contribution >= 4 is 23.3 Å².